The van der Waals surface area contributed by atoms with Crippen molar-refractivity contribution in [2.75, 3.05) is 12.3 Å². The van der Waals surface area contributed by atoms with Crippen LogP contribution < -0.4 is 10.5 Å². The third kappa shape index (κ3) is 4.14. The lowest BCUT2D eigenvalue weighted by Crippen LogP contribution is -2.27. The molecule has 19 heavy (non-hydrogen) atoms. The highest BCUT2D eigenvalue weighted by molar-refractivity contribution is 7.89. The Morgan fingerprint density at radius 1 is 1.21 bits per heavy atom. The van der Waals surface area contributed by atoms with Crippen LogP contribution in [0.15, 0.2) is 17.3 Å². The molecule has 0 amide bonds. The monoisotopic (exact) mass is 284 g/mol. The Balaban J connectivity index is 1.85. The Bertz CT molecular complexity index is 495. The van der Waals surface area contributed by atoms with Gasteiger partial charge in [0.25, 0.3) is 0 Å². The van der Waals surface area contributed by atoms with Gasteiger partial charge in [-0.2, -0.15) is 0 Å². The molecule has 1 aliphatic carbocycles. The number of nitrogens with one attached hydrogen (secondary N) is 1. The average Bonchev–Trinajstić information content (AvgIpc) is 2.40. The molecular formula is C12H20N4O2S. The topological polar surface area (TPSA) is 98.0 Å². The van der Waals surface area contributed by atoms with Gasteiger partial charge in [-0.05, 0) is 12.3 Å². The number of hydrogen-bond acceptors (Lipinski definition) is 5. The van der Waals surface area contributed by atoms with Crippen molar-refractivity contribution < 1.29 is 8.42 Å². The summed E-state index contributed by atoms with van der Waals surface area (Å²) < 4.78 is 26.5. The van der Waals surface area contributed by atoms with Crippen LogP contribution in [0.25, 0.3) is 0 Å². The molecule has 7 heteroatoms. The number of anilines is 1. The van der Waals surface area contributed by atoms with Crippen molar-refractivity contribution in [2.45, 2.75) is 43.4 Å². The standard InChI is InChI=1S/C12H20N4O2S/c13-12-14-8-11(9-15-12)19(17,18)16-7-6-10-4-2-1-3-5-10/h8-10,16H,1-7H2,(H2,13,14,15). The largest absolute Gasteiger partial charge is 0.368 e. The Morgan fingerprint density at radius 2 is 1.84 bits per heavy atom. The van der Waals surface area contributed by atoms with Crippen molar-refractivity contribution in [3.05, 3.63) is 12.4 Å². The van der Waals surface area contributed by atoms with Crippen molar-refractivity contribution in [1.82, 2.24) is 14.7 Å². The quantitative estimate of drug-likeness (QED) is 0.849. The van der Waals surface area contributed by atoms with Crippen LogP contribution in [0.1, 0.15) is 38.5 Å². The zero-order chi connectivity index (χ0) is 13.7. The minimum Gasteiger partial charge on any atom is -0.368 e. The van der Waals surface area contributed by atoms with Gasteiger partial charge in [-0.1, -0.05) is 32.1 Å². The molecule has 0 radical (unpaired) electrons. The van der Waals surface area contributed by atoms with Crippen LogP contribution >= 0.6 is 0 Å². The summed E-state index contributed by atoms with van der Waals surface area (Å²) in [7, 11) is -3.51. The van der Waals surface area contributed by atoms with Crippen molar-refractivity contribution >= 4 is 16.0 Å². The first-order valence-electron chi connectivity index (χ1n) is 6.65. The smallest absolute Gasteiger partial charge is 0.243 e. The molecule has 6 nitrogen and oxygen atoms in total. The second-order valence-electron chi connectivity index (χ2n) is 4.97. The van der Waals surface area contributed by atoms with Gasteiger partial charge in [0.1, 0.15) is 4.90 Å². The number of aromatic nitrogens is 2. The highest BCUT2D eigenvalue weighted by Gasteiger charge is 2.17. The van der Waals surface area contributed by atoms with Crippen molar-refractivity contribution in [3.8, 4) is 0 Å². The van der Waals surface area contributed by atoms with Gasteiger partial charge in [-0.3, -0.25) is 0 Å². The van der Waals surface area contributed by atoms with E-state index in [1.54, 1.807) is 0 Å². The van der Waals surface area contributed by atoms with E-state index in [0.29, 0.717) is 12.5 Å². The lowest BCUT2D eigenvalue weighted by molar-refractivity contribution is 0.339. The first-order valence-corrected chi connectivity index (χ1v) is 8.13. The van der Waals surface area contributed by atoms with Crippen LogP contribution in [0.2, 0.25) is 0 Å². The van der Waals surface area contributed by atoms with Gasteiger partial charge in [0.2, 0.25) is 16.0 Å². The van der Waals surface area contributed by atoms with Crippen LogP contribution in [0.3, 0.4) is 0 Å². The van der Waals surface area contributed by atoms with Crippen molar-refractivity contribution in [1.29, 1.82) is 0 Å². The van der Waals surface area contributed by atoms with E-state index in [2.05, 4.69) is 14.7 Å². The first kappa shape index (κ1) is 14.2. The van der Waals surface area contributed by atoms with Crippen LogP contribution in [0, 0.1) is 5.92 Å². The van der Waals surface area contributed by atoms with Gasteiger partial charge >= 0.3 is 0 Å². The van der Waals surface area contributed by atoms with Gasteiger partial charge in [0.05, 0.1) is 12.4 Å². The molecule has 0 unspecified atom stereocenters. The molecule has 0 spiro atoms. The molecule has 1 aliphatic rings. The molecule has 1 saturated carbocycles. The summed E-state index contributed by atoms with van der Waals surface area (Å²) >= 11 is 0. The lowest BCUT2D eigenvalue weighted by atomic mass is 9.87. The molecule has 106 valence electrons. The van der Waals surface area contributed by atoms with Gasteiger partial charge in [-0.25, -0.2) is 23.1 Å². The van der Waals surface area contributed by atoms with Crippen molar-refractivity contribution in [3.63, 3.8) is 0 Å². The van der Waals surface area contributed by atoms with E-state index >= 15 is 0 Å². The maximum atomic E-state index is 12.0. The van der Waals surface area contributed by atoms with Crippen molar-refractivity contribution in [2.24, 2.45) is 5.92 Å². The normalized spacial score (nSPS) is 17.5. The highest BCUT2D eigenvalue weighted by Crippen LogP contribution is 2.25. The van der Waals surface area contributed by atoms with Crippen LogP contribution in [0.4, 0.5) is 5.95 Å². The number of hydrogen-bond donors (Lipinski definition) is 2. The van der Waals surface area contributed by atoms with Crippen LogP contribution in [0.5, 0.6) is 0 Å². The molecule has 1 aromatic heterocycles. The van der Waals surface area contributed by atoms with E-state index in [9.17, 15) is 8.42 Å². The SMILES string of the molecule is Nc1ncc(S(=O)(=O)NCCC2CCCCC2)cn1. The molecule has 1 fully saturated rings. The number of nitrogens with two attached hydrogens (primary N) is 1. The second-order valence-corrected chi connectivity index (χ2v) is 6.73. The zero-order valence-electron chi connectivity index (χ0n) is 10.9. The number of rotatable bonds is 5. The second kappa shape index (κ2) is 6.29. The highest BCUT2D eigenvalue weighted by atomic mass is 32.2. The summed E-state index contributed by atoms with van der Waals surface area (Å²) in [4.78, 5) is 7.44. The predicted octanol–water partition coefficient (Wildman–Crippen LogP) is 1.31. The summed E-state index contributed by atoms with van der Waals surface area (Å²) in [5, 5.41) is 0. The summed E-state index contributed by atoms with van der Waals surface area (Å²) in [5.41, 5.74) is 5.33. The van der Waals surface area contributed by atoms with E-state index in [4.69, 9.17) is 5.73 Å². The van der Waals surface area contributed by atoms with Gasteiger partial charge in [0.15, 0.2) is 0 Å². The first-order chi connectivity index (χ1) is 9.08. The van der Waals surface area contributed by atoms with Crippen LogP contribution in [-0.4, -0.2) is 24.9 Å². The summed E-state index contributed by atoms with van der Waals surface area (Å²) in [6, 6.07) is 0. The molecule has 1 aromatic rings. The van der Waals surface area contributed by atoms with E-state index in [-0.39, 0.29) is 10.8 Å². The Labute approximate surface area is 113 Å². The van der Waals surface area contributed by atoms with E-state index in [0.717, 1.165) is 6.42 Å². The Morgan fingerprint density at radius 3 is 2.47 bits per heavy atom. The summed E-state index contributed by atoms with van der Waals surface area (Å²) in [6.45, 7) is 0.470. The van der Waals surface area contributed by atoms with Crippen LogP contribution in [-0.2, 0) is 10.0 Å². The minimum absolute atomic E-state index is 0.0605. The lowest BCUT2D eigenvalue weighted by Gasteiger charge is -2.21. The van der Waals surface area contributed by atoms with E-state index in [1.165, 1.54) is 44.5 Å². The van der Waals surface area contributed by atoms with Gasteiger partial charge in [-0.15, -0.1) is 0 Å². The third-order valence-corrected chi connectivity index (χ3v) is 4.94. The number of nitrogen functional groups attached to an aromatic ring is 1. The minimum atomic E-state index is -3.51. The van der Waals surface area contributed by atoms with E-state index < -0.39 is 10.0 Å². The number of nitrogens with zero attached hydrogens (tertiary/aromatic N) is 2. The fourth-order valence-corrected chi connectivity index (χ4v) is 3.36. The maximum absolute atomic E-state index is 12.0. The third-order valence-electron chi connectivity index (χ3n) is 3.53. The maximum Gasteiger partial charge on any atom is 0.243 e. The Kier molecular flexibility index (Phi) is 4.71. The number of sulfonamides is 1. The molecule has 0 aromatic carbocycles. The summed E-state index contributed by atoms with van der Waals surface area (Å²) in [5.74, 6) is 0.722. The molecule has 0 atom stereocenters. The average molecular weight is 284 g/mol. The predicted molar refractivity (Wildman–Crippen MR) is 72.8 cm³/mol. The zero-order valence-corrected chi connectivity index (χ0v) is 11.7. The van der Waals surface area contributed by atoms with Gasteiger partial charge < -0.3 is 5.73 Å². The molecule has 0 bridgehead atoms. The summed E-state index contributed by atoms with van der Waals surface area (Å²) in [6.07, 6.45) is 9.63. The van der Waals surface area contributed by atoms with E-state index in [1.807, 2.05) is 0 Å². The molecule has 0 saturated heterocycles. The molecular weight excluding hydrogens is 264 g/mol. The fraction of sp³-hybridized carbons (Fsp3) is 0.667. The Hall–Kier alpha value is -1.21. The van der Waals surface area contributed by atoms with Gasteiger partial charge in [0, 0.05) is 6.54 Å². The molecule has 0 aliphatic heterocycles. The fourth-order valence-electron chi connectivity index (χ4n) is 2.42. The molecule has 3 N–H and O–H groups in total. The molecule has 1 heterocycles. The molecule has 2 rings (SSSR count).